The topological polar surface area (TPSA) is 92.6 Å². The fourth-order valence-electron chi connectivity index (χ4n) is 12.3. The number of halogens is 1. The number of aryl methyl sites for hydroxylation is 8. The summed E-state index contributed by atoms with van der Waals surface area (Å²) in [6.07, 6.45) is 7.43. The number of rotatable bonds is 11. The largest absolute Gasteiger partial charge is 0.356 e. The molecule has 0 spiro atoms. The predicted octanol–water partition coefficient (Wildman–Crippen LogP) is 21.2. The van der Waals surface area contributed by atoms with Crippen molar-refractivity contribution < 1.29 is 0 Å². The molecule has 1 N–H and O–H groups in total. The normalized spacial score (nSPS) is 12.1. The van der Waals surface area contributed by atoms with Gasteiger partial charge in [0.05, 0.1) is 0 Å². The molecular formula is C86H69BrN8. The van der Waals surface area contributed by atoms with Crippen LogP contribution in [-0.4, -0.2) is 29.9 Å². The quantitative estimate of drug-likeness (QED) is 0.137. The van der Waals surface area contributed by atoms with Gasteiger partial charge in [-0.15, -0.1) is 0 Å². The number of hydrogen-bond donors (Lipinski definition) is 1. The van der Waals surface area contributed by atoms with E-state index < -0.39 is 0 Å². The van der Waals surface area contributed by atoms with Crippen molar-refractivity contribution in [3.8, 4) is 68.3 Å². The number of nitrogens with zero attached hydrogens (tertiary/aromatic N) is 7. The summed E-state index contributed by atoms with van der Waals surface area (Å²) in [5.41, 5.74) is 22.3. The second-order valence-electron chi connectivity index (χ2n) is 23.8. The van der Waals surface area contributed by atoms with Crippen LogP contribution >= 0.6 is 15.9 Å². The number of para-hydroxylation sites is 4. The molecular weight excluding hydrogens is 1220 g/mol. The first-order valence-electron chi connectivity index (χ1n) is 32.6. The summed E-state index contributed by atoms with van der Waals surface area (Å²) in [6.45, 7) is 0. The molecule has 8 aliphatic carbocycles. The molecule has 22 rings (SSSR count). The maximum absolute atomic E-state index is 5.09. The van der Waals surface area contributed by atoms with Crippen LogP contribution in [0.4, 0.5) is 28.4 Å². The molecule has 8 aliphatic rings. The van der Waals surface area contributed by atoms with Gasteiger partial charge in [0.2, 0.25) is 0 Å². The zero-order valence-corrected chi connectivity index (χ0v) is 54.3. The number of anilines is 5. The third kappa shape index (κ3) is 15.1. The SMILES string of the molecule is Brc1cc2ccc1CCc1ccc(c(-c3nc(-c4ccccc4)nc(-c4ccccc4)n3)c1)CC2.c1ccc(-c2nc(-c3ccccc3)nc(-c3cc4ccc3CCc3ccc(c(N(c5ccccc5)c5ccccc5)c3)CC4)n2)cc1.c1ccc(Nc2ccccc2)cc1. The molecule has 460 valence electrons. The Kier molecular flexibility index (Phi) is 19.1. The summed E-state index contributed by atoms with van der Waals surface area (Å²) in [5.74, 6) is 4.24. The van der Waals surface area contributed by atoms with Crippen LogP contribution in [0.5, 0.6) is 0 Å². The van der Waals surface area contributed by atoms with Gasteiger partial charge in [0.1, 0.15) is 0 Å². The molecule has 2 aromatic heterocycles. The van der Waals surface area contributed by atoms with E-state index in [4.69, 9.17) is 29.9 Å². The van der Waals surface area contributed by atoms with E-state index in [1.54, 1.807) is 0 Å². The summed E-state index contributed by atoms with van der Waals surface area (Å²) in [7, 11) is 0. The first-order chi connectivity index (χ1) is 47.0. The second-order valence-corrected chi connectivity index (χ2v) is 24.7. The van der Waals surface area contributed by atoms with Crippen molar-refractivity contribution in [3.63, 3.8) is 0 Å². The van der Waals surface area contributed by atoms with Crippen molar-refractivity contribution in [2.45, 2.75) is 51.4 Å². The summed E-state index contributed by atoms with van der Waals surface area (Å²) in [4.78, 5) is 32.4. The third-order valence-electron chi connectivity index (χ3n) is 17.3. The minimum absolute atomic E-state index is 0.688. The molecule has 95 heavy (non-hydrogen) atoms. The van der Waals surface area contributed by atoms with Crippen LogP contribution in [0, 0.1) is 0 Å². The molecule has 9 heteroatoms. The Hall–Kier alpha value is -11.3. The Labute approximate surface area is 565 Å². The molecule has 12 aromatic carbocycles. The maximum Gasteiger partial charge on any atom is 0.164 e. The van der Waals surface area contributed by atoms with E-state index in [0.29, 0.717) is 23.3 Å². The van der Waals surface area contributed by atoms with E-state index in [1.165, 1.54) is 54.7 Å². The first kappa shape index (κ1) is 61.3. The lowest BCUT2D eigenvalue weighted by Gasteiger charge is -2.28. The minimum Gasteiger partial charge on any atom is -0.356 e. The molecule has 0 fully saturated rings. The fourth-order valence-corrected chi connectivity index (χ4v) is 12.9. The molecule has 2 heterocycles. The van der Waals surface area contributed by atoms with Crippen LogP contribution < -0.4 is 10.2 Å². The van der Waals surface area contributed by atoms with Crippen molar-refractivity contribution in [2.75, 3.05) is 10.2 Å². The Balaban J connectivity index is 0.000000141. The zero-order valence-electron chi connectivity index (χ0n) is 52.7. The Morgan fingerprint density at radius 2 is 0.537 bits per heavy atom. The van der Waals surface area contributed by atoms with Gasteiger partial charge in [0.15, 0.2) is 34.9 Å². The number of benzene rings is 12. The standard InChI is InChI=1S/C43H34N4.C31H24BrN3.C12H11N/c1-5-13-35(14-6-1)41-44-42(36-15-7-2-8-16-36)46-43(45-41)39-29-31-21-25-33(39)26-22-32-24-28-34(27-23-31)40(30-32)47(37-17-9-3-10-18-37)38-19-11-4-12-20-38;32-28-20-22-12-16-23-15-11-21(13-17-24(28)18-14-22)19-27(23)31-34-29(25-7-3-1-4-8-25)33-30(35-31)26-9-5-2-6-10-26;1-3-7-11(8-4-1)13-12-9-5-2-6-10-12/h1-21,24-25,28-30H,22-23,26-27H2;1-11,14-15,18-20H,12-13,16-17H2;1-10,13H. The Morgan fingerprint density at radius 1 is 0.253 bits per heavy atom. The van der Waals surface area contributed by atoms with Crippen LogP contribution in [0.25, 0.3) is 68.3 Å². The summed E-state index contributed by atoms with van der Waals surface area (Å²) >= 11 is 3.77. The van der Waals surface area contributed by atoms with E-state index in [0.717, 1.165) is 119 Å². The van der Waals surface area contributed by atoms with Gasteiger partial charge in [-0.1, -0.05) is 259 Å². The van der Waals surface area contributed by atoms with Crippen molar-refractivity contribution in [1.29, 1.82) is 0 Å². The zero-order chi connectivity index (χ0) is 64.0. The highest BCUT2D eigenvalue weighted by atomic mass is 79.9. The van der Waals surface area contributed by atoms with Crippen LogP contribution in [-0.2, 0) is 51.4 Å². The van der Waals surface area contributed by atoms with Crippen LogP contribution in [0.1, 0.15) is 44.5 Å². The lowest BCUT2D eigenvalue weighted by molar-refractivity contribution is 0.914. The third-order valence-corrected chi connectivity index (χ3v) is 18.1. The van der Waals surface area contributed by atoms with Gasteiger partial charge >= 0.3 is 0 Å². The average Bonchev–Trinajstić information content (AvgIpc) is 0.836. The van der Waals surface area contributed by atoms with Gasteiger partial charge in [0, 0.05) is 66.3 Å². The Bertz CT molecular complexity index is 4660. The van der Waals surface area contributed by atoms with E-state index in [-0.39, 0.29) is 0 Å². The lowest BCUT2D eigenvalue weighted by Crippen LogP contribution is -2.13. The predicted molar refractivity (Wildman–Crippen MR) is 393 cm³/mol. The minimum atomic E-state index is 0.688. The Morgan fingerprint density at radius 3 is 0.905 bits per heavy atom. The van der Waals surface area contributed by atoms with Crippen LogP contribution in [0.3, 0.4) is 0 Å². The molecule has 0 atom stereocenters. The fraction of sp³-hybridized carbons (Fsp3) is 0.0930. The first-order valence-corrected chi connectivity index (χ1v) is 33.4. The number of aromatic nitrogens is 6. The molecule has 8 bridgehead atoms. The van der Waals surface area contributed by atoms with Crippen LogP contribution in [0.2, 0.25) is 0 Å². The summed E-state index contributed by atoms with van der Waals surface area (Å²) in [6, 6.07) is 110. The molecule has 0 amide bonds. The highest BCUT2D eigenvalue weighted by Gasteiger charge is 2.22. The van der Waals surface area contributed by atoms with Gasteiger partial charge in [-0.05, 0) is 169 Å². The maximum atomic E-state index is 5.09. The summed E-state index contributed by atoms with van der Waals surface area (Å²) < 4.78 is 1.21. The van der Waals surface area contributed by atoms with Gasteiger partial charge in [0.25, 0.3) is 0 Å². The van der Waals surface area contributed by atoms with Gasteiger partial charge < -0.3 is 10.2 Å². The number of hydrogen-bond acceptors (Lipinski definition) is 8. The van der Waals surface area contributed by atoms with E-state index >= 15 is 0 Å². The smallest absolute Gasteiger partial charge is 0.164 e. The molecule has 0 aliphatic heterocycles. The molecule has 0 unspecified atom stereocenters. The molecule has 0 saturated carbocycles. The van der Waals surface area contributed by atoms with Crippen LogP contribution in [0.15, 0.2) is 320 Å². The molecule has 0 saturated heterocycles. The van der Waals surface area contributed by atoms with Crippen molar-refractivity contribution in [3.05, 3.63) is 364 Å². The highest BCUT2D eigenvalue weighted by Crippen LogP contribution is 2.39. The summed E-state index contributed by atoms with van der Waals surface area (Å²) in [5, 5.41) is 3.30. The van der Waals surface area contributed by atoms with Gasteiger partial charge in [-0.25, -0.2) is 29.9 Å². The van der Waals surface area contributed by atoms with Crippen molar-refractivity contribution in [1.82, 2.24) is 29.9 Å². The van der Waals surface area contributed by atoms with Gasteiger partial charge in [-0.2, -0.15) is 0 Å². The molecule has 0 radical (unpaired) electrons. The monoisotopic (exact) mass is 1290 g/mol. The van der Waals surface area contributed by atoms with Crippen molar-refractivity contribution in [2.24, 2.45) is 0 Å². The molecule has 14 aromatic rings. The van der Waals surface area contributed by atoms with E-state index in [2.05, 4.69) is 208 Å². The highest BCUT2D eigenvalue weighted by molar-refractivity contribution is 9.10. The van der Waals surface area contributed by atoms with E-state index in [1.807, 2.05) is 133 Å². The lowest BCUT2D eigenvalue weighted by atomic mass is 9.91. The second kappa shape index (κ2) is 29.6. The molecule has 8 nitrogen and oxygen atoms in total. The number of nitrogens with one attached hydrogen (secondary N) is 1. The van der Waals surface area contributed by atoms with Gasteiger partial charge in [-0.3, -0.25) is 0 Å². The van der Waals surface area contributed by atoms with Crippen molar-refractivity contribution >= 4 is 44.4 Å². The average molecular weight is 1290 g/mol. The van der Waals surface area contributed by atoms with E-state index in [9.17, 15) is 0 Å².